The van der Waals surface area contributed by atoms with Crippen molar-refractivity contribution in [1.82, 2.24) is 15.1 Å². The zero-order chi connectivity index (χ0) is 23.4. The van der Waals surface area contributed by atoms with Gasteiger partial charge in [-0.05, 0) is 29.8 Å². The molecule has 4 rings (SSSR count). The van der Waals surface area contributed by atoms with Crippen molar-refractivity contribution >= 4 is 34.9 Å². The number of anilines is 1. The number of morpholine rings is 1. The number of nitrogens with zero attached hydrogens (tertiary/aromatic N) is 3. The topological polar surface area (TPSA) is 90.6 Å². The zero-order valence-electron chi connectivity index (χ0n) is 17.6. The number of ether oxygens (including phenoxy) is 2. The fourth-order valence-corrected chi connectivity index (χ4v) is 3.99. The molecule has 33 heavy (non-hydrogen) atoms. The quantitative estimate of drug-likeness (QED) is 0.519. The van der Waals surface area contributed by atoms with Gasteiger partial charge in [0.1, 0.15) is 5.82 Å². The van der Waals surface area contributed by atoms with Crippen LogP contribution in [0.5, 0.6) is 5.75 Å². The number of aromatic nitrogens is 2. The van der Waals surface area contributed by atoms with Gasteiger partial charge in [-0.1, -0.05) is 35.3 Å². The standard InChI is InChI=1S/C23H21Cl2FN4O3/c24-17-5-6-18(26)21(25)16(17)7-10-33-20-13-19(28-29-22(20)27)14-1-3-15(4-2-14)23(31)30-8-11-32-12-9-30/h1-6,13H,7-12H2,(H2,27,29). The van der Waals surface area contributed by atoms with E-state index in [1.165, 1.54) is 12.1 Å². The summed E-state index contributed by atoms with van der Waals surface area (Å²) in [6, 6.07) is 11.4. The van der Waals surface area contributed by atoms with E-state index in [4.69, 9.17) is 38.4 Å². The molecule has 0 saturated carbocycles. The van der Waals surface area contributed by atoms with Crippen molar-refractivity contribution in [2.24, 2.45) is 0 Å². The van der Waals surface area contributed by atoms with Gasteiger partial charge in [0.05, 0.1) is 30.5 Å². The molecule has 0 aliphatic carbocycles. The van der Waals surface area contributed by atoms with E-state index in [9.17, 15) is 9.18 Å². The van der Waals surface area contributed by atoms with E-state index in [-0.39, 0.29) is 29.8 Å². The summed E-state index contributed by atoms with van der Waals surface area (Å²) < 4.78 is 24.7. The van der Waals surface area contributed by atoms with Crippen LogP contribution in [0.15, 0.2) is 42.5 Å². The summed E-state index contributed by atoms with van der Waals surface area (Å²) in [6.07, 6.45) is 0.283. The second kappa shape index (κ2) is 10.3. The van der Waals surface area contributed by atoms with Gasteiger partial charge in [-0.2, -0.15) is 0 Å². The summed E-state index contributed by atoms with van der Waals surface area (Å²) in [7, 11) is 0. The molecule has 1 saturated heterocycles. The Bertz CT molecular complexity index is 1160. The average Bonchev–Trinajstić information content (AvgIpc) is 2.85. The number of halogens is 3. The van der Waals surface area contributed by atoms with Crippen LogP contribution in [0.3, 0.4) is 0 Å². The summed E-state index contributed by atoms with van der Waals surface area (Å²) in [6.45, 7) is 2.41. The molecule has 3 aromatic rings. The van der Waals surface area contributed by atoms with Gasteiger partial charge in [-0.3, -0.25) is 4.79 Å². The Morgan fingerprint density at radius 1 is 1.12 bits per heavy atom. The fourth-order valence-electron chi connectivity index (χ4n) is 3.43. The van der Waals surface area contributed by atoms with Gasteiger partial charge in [0, 0.05) is 41.7 Å². The third kappa shape index (κ3) is 5.35. The lowest BCUT2D eigenvalue weighted by atomic mass is 10.1. The van der Waals surface area contributed by atoms with E-state index in [0.717, 1.165) is 5.56 Å². The summed E-state index contributed by atoms with van der Waals surface area (Å²) >= 11 is 12.1. The number of nitrogens with two attached hydrogens (primary N) is 1. The Morgan fingerprint density at radius 3 is 2.58 bits per heavy atom. The van der Waals surface area contributed by atoms with E-state index in [0.29, 0.717) is 53.9 Å². The highest BCUT2D eigenvalue weighted by molar-refractivity contribution is 6.36. The monoisotopic (exact) mass is 490 g/mol. The number of rotatable bonds is 6. The van der Waals surface area contributed by atoms with E-state index >= 15 is 0 Å². The summed E-state index contributed by atoms with van der Waals surface area (Å²) in [5.41, 5.74) is 8.24. The molecular formula is C23H21Cl2FN4O3. The SMILES string of the molecule is Nc1nnc(-c2ccc(C(=O)N3CCOCC3)cc2)cc1OCCc1c(Cl)ccc(F)c1Cl. The van der Waals surface area contributed by atoms with E-state index < -0.39 is 5.82 Å². The van der Waals surface area contributed by atoms with Crippen LogP contribution in [0.25, 0.3) is 11.3 Å². The molecule has 172 valence electrons. The van der Waals surface area contributed by atoms with Crippen molar-refractivity contribution in [3.8, 4) is 17.0 Å². The van der Waals surface area contributed by atoms with E-state index in [1.54, 1.807) is 35.2 Å². The first-order valence-electron chi connectivity index (χ1n) is 10.3. The molecule has 0 atom stereocenters. The largest absolute Gasteiger partial charge is 0.489 e. The molecule has 2 N–H and O–H groups in total. The van der Waals surface area contributed by atoms with Gasteiger partial charge in [-0.15, -0.1) is 10.2 Å². The molecule has 1 fully saturated rings. The molecule has 0 spiro atoms. The highest BCUT2D eigenvalue weighted by atomic mass is 35.5. The van der Waals surface area contributed by atoms with Crippen molar-refractivity contribution in [2.45, 2.75) is 6.42 Å². The van der Waals surface area contributed by atoms with Crippen LogP contribution in [0.2, 0.25) is 10.0 Å². The number of carbonyl (C=O) groups is 1. The van der Waals surface area contributed by atoms with Crippen molar-refractivity contribution in [1.29, 1.82) is 0 Å². The van der Waals surface area contributed by atoms with Crippen molar-refractivity contribution in [3.63, 3.8) is 0 Å². The number of benzene rings is 2. The lowest BCUT2D eigenvalue weighted by molar-refractivity contribution is 0.0303. The highest BCUT2D eigenvalue weighted by Crippen LogP contribution is 2.29. The summed E-state index contributed by atoms with van der Waals surface area (Å²) in [4.78, 5) is 14.4. The molecule has 1 aliphatic heterocycles. The number of hydrogen-bond acceptors (Lipinski definition) is 6. The molecule has 10 heteroatoms. The van der Waals surface area contributed by atoms with Crippen LogP contribution in [-0.4, -0.2) is 53.9 Å². The van der Waals surface area contributed by atoms with Gasteiger partial charge >= 0.3 is 0 Å². The maximum atomic E-state index is 13.7. The minimum absolute atomic E-state index is 0.0284. The molecule has 1 aromatic heterocycles. The van der Waals surface area contributed by atoms with Gasteiger partial charge in [0.25, 0.3) is 5.91 Å². The number of hydrogen-bond donors (Lipinski definition) is 1. The van der Waals surface area contributed by atoms with Gasteiger partial charge in [0.15, 0.2) is 11.6 Å². The first kappa shape index (κ1) is 23.2. The predicted molar refractivity (Wildman–Crippen MR) is 124 cm³/mol. The average molecular weight is 491 g/mol. The molecule has 2 aromatic carbocycles. The number of nitrogen functional groups attached to an aromatic ring is 1. The lowest BCUT2D eigenvalue weighted by Crippen LogP contribution is -2.40. The third-order valence-corrected chi connectivity index (χ3v) is 6.02. The minimum Gasteiger partial charge on any atom is -0.489 e. The second-order valence-electron chi connectivity index (χ2n) is 7.38. The van der Waals surface area contributed by atoms with Crippen LogP contribution < -0.4 is 10.5 Å². The van der Waals surface area contributed by atoms with E-state index in [1.807, 2.05) is 0 Å². The number of amides is 1. The Morgan fingerprint density at radius 2 is 1.85 bits per heavy atom. The minimum atomic E-state index is -0.543. The van der Waals surface area contributed by atoms with Crippen molar-refractivity contribution in [2.75, 3.05) is 38.6 Å². The molecule has 7 nitrogen and oxygen atoms in total. The van der Waals surface area contributed by atoms with Crippen molar-refractivity contribution in [3.05, 3.63) is 69.5 Å². The summed E-state index contributed by atoms with van der Waals surface area (Å²) in [5, 5.41) is 8.41. The Hall–Kier alpha value is -2.94. The Labute approximate surface area is 200 Å². The van der Waals surface area contributed by atoms with Crippen LogP contribution in [0, 0.1) is 5.82 Å². The molecular weight excluding hydrogens is 470 g/mol. The van der Waals surface area contributed by atoms with Crippen LogP contribution in [0.4, 0.5) is 10.2 Å². The molecule has 0 bridgehead atoms. The second-order valence-corrected chi connectivity index (χ2v) is 8.17. The Kier molecular flexibility index (Phi) is 7.27. The van der Waals surface area contributed by atoms with E-state index in [2.05, 4.69) is 10.2 Å². The molecule has 2 heterocycles. The maximum absolute atomic E-state index is 13.7. The molecule has 1 aliphatic rings. The first-order valence-corrected chi connectivity index (χ1v) is 11.1. The van der Waals surface area contributed by atoms with Crippen molar-refractivity contribution < 1.29 is 18.7 Å². The highest BCUT2D eigenvalue weighted by Gasteiger charge is 2.19. The Balaban J connectivity index is 1.45. The zero-order valence-corrected chi connectivity index (χ0v) is 19.1. The first-order chi connectivity index (χ1) is 15.9. The molecule has 0 radical (unpaired) electrons. The van der Waals surface area contributed by atoms with Gasteiger partial charge in [0.2, 0.25) is 0 Å². The van der Waals surface area contributed by atoms with Crippen LogP contribution in [-0.2, 0) is 11.2 Å². The molecule has 0 unspecified atom stereocenters. The predicted octanol–water partition coefficient (Wildman–Crippen LogP) is 4.27. The smallest absolute Gasteiger partial charge is 0.254 e. The fraction of sp³-hybridized carbons (Fsp3) is 0.261. The number of carbonyl (C=O) groups excluding carboxylic acids is 1. The molecule has 1 amide bonds. The maximum Gasteiger partial charge on any atom is 0.254 e. The van der Waals surface area contributed by atoms with Crippen LogP contribution >= 0.6 is 23.2 Å². The van der Waals surface area contributed by atoms with Gasteiger partial charge in [-0.25, -0.2) is 4.39 Å². The van der Waals surface area contributed by atoms with Crippen LogP contribution in [0.1, 0.15) is 15.9 Å². The lowest BCUT2D eigenvalue weighted by Gasteiger charge is -2.26. The van der Waals surface area contributed by atoms with Gasteiger partial charge < -0.3 is 20.1 Å². The summed E-state index contributed by atoms with van der Waals surface area (Å²) in [5.74, 6) is -0.127. The third-order valence-electron chi connectivity index (χ3n) is 5.26. The normalized spacial score (nSPS) is 13.7.